The van der Waals surface area contributed by atoms with Crippen LogP contribution < -0.4 is 15.8 Å². The van der Waals surface area contributed by atoms with E-state index in [-0.39, 0.29) is 28.5 Å². The Kier molecular flexibility index (Phi) is 5.42. The van der Waals surface area contributed by atoms with E-state index in [4.69, 9.17) is 5.14 Å². The Morgan fingerprint density at radius 3 is 2.07 bits per heavy atom. The first-order chi connectivity index (χ1) is 13.7. The molecule has 7 nitrogen and oxygen atoms in total. The van der Waals surface area contributed by atoms with Crippen LogP contribution in [0.15, 0.2) is 29.2 Å². The fraction of sp³-hybridized carbons (Fsp3) is 0.619. The number of amides is 2. The van der Waals surface area contributed by atoms with Crippen molar-refractivity contribution in [2.24, 2.45) is 28.3 Å². The second-order valence-electron chi connectivity index (χ2n) is 9.17. The smallest absolute Gasteiger partial charge is 0.238 e. The van der Waals surface area contributed by atoms with Crippen LogP contribution >= 0.6 is 0 Å². The highest BCUT2D eigenvalue weighted by molar-refractivity contribution is 7.89. The van der Waals surface area contributed by atoms with Gasteiger partial charge in [-0.1, -0.05) is 0 Å². The third-order valence-electron chi connectivity index (χ3n) is 6.85. The quantitative estimate of drug-likeness (QED) is 0.588. The standard InChI is InChI=1S/C21H29N3O4S/c22-29(27,28)18-5-3-17(4-6-18)24-19(25)2-1-7-23-20(26)21-11-14-8-15(12-21)10-16(9-14)13-21/h3-6,14-16H,1-2,7-13H2,(H,23,26)(H,24,25)(H2,22,27,28). The Morgan fingerprint density at radius 1 is 1.00 bits per heavy atom. The molecule has 0 spiro atoms. The molecular formula is C21H29N3O4S. The van der Waals surface area contributed by atoms with Gasteiger partial charge < -0.3 is 10.6 Å². The Bertz CT molecular complexity index is 860. The first-order valence-corrected chi connectivity index (χ1v) is 12.0. The number of carbonyl (C=O) groups excluding carboxylic acids is 2. The maximum Gasteiger partial charge on any atom is 0.238 e. The maximum atomic E-state index is 12.9. The van der Waals surface area contributed by atoms with Gasteiger partial charge in [0.1, 0.15) is 0 Å². The molecule has 0 radical (unpaired) electrons. The zero-order valence-corrected chi connectivity index (χ0v) is 17.3. The van der Waals surface area contributed by atoms with E-state index in [1.807, 2.05) is 0 Å². The number of sulfonamides is 1. The molecule has 29 heavy (non-hydrogen) atoms. The van der Waals surface area contributed by atoms with Crippen molar-refractivity contribution in [2.75, 3.05) is 11.9 Å². The molecule has 8 heteroatoms. The molecule has 1 aromatic rings. The molecule has 4 bridgehead atoms. The van der Waals surface area contributed by atoms with E-state index < -0.39 is 10.0 Å². The summed E-state index contributed by atoms with van der Waals surface area (Å²) in [7, 11) is -3.74. The number of rotatable bonds is 7. The van der Waals surface area contributed by atoms with Crippen LogP contribution in [0.25, 0.3) is 0 Å². The first-order valence-electron chi connectivity index (χ1n) is 10.4. The van der Waals surface area contributed by atoms with E-state index in [9.17, 15) is 18.0 Å². The Labute approximate surface area is 171 Å². The number of benzene rings is 1. The summed E-state index contributed by atoms with van der Waals surface area (Å²) in [6.07, 6.45) is 7.91. The number of nitrogens with two attached hydrogens (primary N) is 1. The van der Waals surface area contributed by atoms with Crippen LogP contribution in [0.2, 0.25) is 0 Å². The highest BCUT2D eigenvalue weighted by atomic mass is 32.2. The molecule has 2 amide bonds. The lowest BCUT2D eigenvalue weighted by Crippen LogP contribution is -2.53. The summed E-state index contributed by atoms with van der Waals surface area (Å²) >= 11 is 0. The lowest BCUT2D eigenvalue weighted by Gasteiger charge is -2.55. The Morgan fingerprint density at radius 2 is 1.55 bits per heavy atom. The van der Waals surface area contributed by atoms with Crippen LogP contribution in [0.4, 0.5) is 5.69 Å². The first kappa shape index (κ1) is 20.3. The molecule has 158 valence electrons. The molecule has 1 aromatic carbocycles. The van der Waals surface area contributed by atoms with Gasteiger partial charge in [-0.2, -0.15) is 0 Å². The van der Waals surface area contributed by atoms with Crippen molar-refractivity contribution in [1.82, 2.24) is 5.32 Å². The van der Waals surface area contributed by atoms with Crippen LogP contribution in [0.1, 0.15) is 51.4 Å². The van der Waals surface area contributed by atoms with Crippen molar-refractivity contribution in [1.29, 1.82) is 0 Å². The zero-order chi connectivity index (χ0) is 20.6. The molecule has 0 unspecified atom stereocenters. The fourth-order valence-electron chi connectivity index (χ4n) is 5.98. The zero-order valence-electron chi connectivity index (χ0n) is 16.5. The predicted molar refractivity (Wildman–Crippen MR) is 109 cm³/mol. The molecule has 4 saturated carbocycles. The van der Waals surface area contributed by atoms with E-state index in [1.54, 1.807) is 0 Å². The summed E-state index contributed by atoms with van der Waals surface area (Å²) in [5.74, 6) is 2.23. The van der Waals surface area contributed by atoms with Crippen molar-refractivity contribution in [3.05, 3.63) is 24.3 Å². The van der Waals surface area contributed by atoms with Crippen LogP contribution in [-0.4, -0.2) is 26.8 Å². The summed E-state index contributed by atoms with van der Waals surface area (Å²) in [5, 5.41) is 10.9. The SMILES string of the molecule is NS(=O)(=O)c1ccc(NC(=O)CCCNC(=O)C23CC4CC(CC(C4)C2)C3)cc1. The van der Waals surface area contributed by atoms with E-state index >= 15 is 0 Å². The van der Waals surface area contributed by atoms with Gasteiger partial charge in [-0.05, 0) is 87.0 Å². The lowest BCUT2D eigenvalue weighted by atomic mass is 9.49. The topological polar surface area (TPSA) is 118 Å². The fourth-order valence-corrected chi connectivity index (χ4v) is 6.49. The van der Waals surface area contributed by atoms with Gasteiger partial charge in [0.15, 0.2) is 0 Å². The molecule has 0 heterocycles. The molecule has 0 atom stereocenters. The second kappa shape index (κ2) is 7.72. The van der Waals surface area contributed by atoms with Gasteiger partial charge in [0, 0.05) is 24.1 Å². The third-order valence-corrected chi connectivity index (χ3v) is 7.78. The molecule has 5 rings (SSSR count). The van der Waals surface area contributed by atoms with Gasteiger partial charge in [-0.15, -0.1) is 0 Å². The van der Waals surface area contributed by atoms with E-state index in [2.05, 4.69) is 10.6 Å². The third kappa shape index (κ3) is 4.48. The number of anilines is 1. The van der Waals surface area contributed by atoms with Crippen LogP contribution in [0.5, 0.6) is 0 Å². The normalized spacial score (nSPS) is 30.2. The summed E-state index contributed by atoms with van der Waals surface area (Å²) in [6.45, 7) is 0.498. The largest absolute Gasteiger partial charge is 0.356 e. The second-order valence-corrected chi connectivity index (χ2v) is 10.7. The van der Waals surface area contributed by atoms with Crippen molar-refractivity contribution in [3.63, 3.8) is 0 Å². The lowest BCUT2D eigenvalue weighted by molar-refractivity contribution is -0.146. The van der Waals surface area contributed by atoms with E-state index in [1.165, 1.54) is 43.5 Å². The summed E-state index contributed by atoms with van der Waals surface area (Å²) in [4.78, 5) is 25.0. The van der Waals surface area contributed by atoms with Crippen LogP contribution in [0.3, 0.4) is 0 Å². The number of hydrogen-bond donors (Lipinski definition) is 3. The summed E-state index contributed by atoms with van der Waals surface area (Å²) in [5.41, 5.74) is 0.363. The maximum absolute atomic E-state index is 12.9. The van der Waals surface area contributed by atoms with Crippen molar-refractivity contribution >= 4 is 27.5 Å². The number of primary sulfonamides is 1. The van der Waals surface area contributed by atoms with Gasteiger partial charge >= 0.3 is 0 Å². The highest BCUT2D eigenvalue weighted by Crippen LogP contribution is 2.60. The highest BCUT2D eigenvalue weighted by Gasteiger charge is 2.54. The molecule has 0 aromatic heterocycles. The summed E-state index contributed by atoms with van der Waals surface area (Å²) in [6, 6.07) is 5.73. The van der Waals surface area contributed by atoms with Crippen molar-refractivity contribution < 1.29 is 18.0 Å². The molecule has 4 fully saturated rings. The molecule has 4 aliphatic rings. The number of carbonyl (C=O) groups is 2. The monoisotopic (exact) mass is 419 g/mol. The molecular weight excluding hydrogens is 390 g/mol. The minimum atomic E-state index is -3.74. The van der Waals surface area contributed by atoms with Crippen LogP contribution in [0, 0.1) is 23.2 Å². The average Bonchev–Trinajstić information content (AvgIpc) is 2.63. The van der Waals surface area contributed by atoms with Crippen molar-refractivity contribution in [3.8, 4) is 0 Å². The van der Waals surface area contributed by atoms with Crippen molar-refractivity contribution in [2.45, 2.75) is 56.3 Å². The number of nitrogens with one attached hydrogen (secondary N) is 2. The van der Waals surface area contributed by atoms with Gasteiger partial charge in [-0.3, -0.25) is 9.59 Å². The Hall–Kier alpha value is -1.93. The van der Waals surface area contributed by atoms with E-state index in [0.29, 0.717) is 18.7 Å². The van der Waals surface area contributed by atoms with Gasteiger partial charge in [-0.25, -0.2) is 13.6 Å². The average molecular weight is 420 g/mol. The molecule has 0 saturated heterocycles. The van der Waals surface area contributed by atoms with Gasteiger partial charge in [0.05, 0.1) is 4.90 Å². The molecule has 0 aliphatic heterocycles. The van der Waals surface area contributed by atoms with E-state index in [0.717, 1.165) is 37.0 Å². The summed E-state index contributed by atoms with van der Waals surface area (Å²) < 4.78 is 22.5. The van der Waals surface area contributed by atoms with Crippen LogP contribution in [-0.2, 0) is 19.6 Å². The predicted octanol–water partition coefficient (Wildman–Crippen LogP) is 2.39. The molecule has 4 N–H and O–H groups in total. The molecule has 4 aliphatic carbocycles. The Balaban J connectivity index is 1.21. The minimum Gasteiger partial charge on any atom is -0.356 e. The van der Waals surface area contributed by atoms with Gasteiger partial charge in [0.2, 0.25) is 21.8 Å². The van der Waals surface area contributed by atoms with Gasteiger partial charge in [0.25, 0.3) is 0 Å². The minimum absolute atomic E-state index is 0.00267. The number of hydrogen-bond acceptors (Lipinski definition) is 4.